The Labute approximate surface area is 177 Å². The molecule has 30 heavy (non-hydrogen) atoms. The zero-order valence-corrected chi connectivity index (χ0v) is 18.5. The smallest absolute Gasteiger partial charge is 0.243 e. The van der Waals surface area contributed by atoms with Crippen LogP contribution >= 0.6 is 0 Å². The summed E-state index contributed by atoms with van der Waals surface area (Å²) < 4.78 is 0. The lowest BCUT2D eigenvalue weighted by atomic mass is 9.86. The Morgan fingerprint density at radius 1 is 1.30 bits per heavy atom. The minimum absolute atomic E-state index is 0.0110. The third-order valence-electron chi connectivity index (χ3n) is 7.30. The maximum Gasteiger partial charge on any atom is 0.243 e. The van der Waals surface area contributed by atoms with Crippen LogP contribution < -0.4 is 22.1 Å². The van der Waals surface area contributed by atoms with Crippen LogP contribution in [0.3, 0.4) is 0 Å². The molecule has 9 nitrogen and oxygen atoms in total. The van der Waals surface area contributed by atoms with Gasteiger partial charge >= 0.3 is 0 Å². The average molecular weight is 422 g/mol. The molecule has 3 aliphatic rings. The van der Waals surface area contributed by atoms with E-state index in [9.17, 15) is 19.2 Å². The van der Waals surface area contributed by atoms with Crippen molar-refractivity contribution in [3.8, 4) is 0 Å². The molecule has 0 spiro atoms. The molecule has 1 aliphatic carbocycles. The standard InChI is InChI=1S/C21H35N5O4/c1-20(2,3)15(22)19(30)26-9-11-13(21(11,4)5)14(26)18(29)25-12(16(23)27)8-10-6-7-24-17(10)28/h10-15H,6-9,22H2,1-5H3,(H2,23,27)(H,24,28)(H,25,29)/t10-,11-,12-,13-,14-,15?/m0/s1. The van der Waals surface area contributed by atoms with Crippen LogP contribution in [0.1, 0.15) is 47.5 Å². The van der Waals surface area contributed by atoms with Gasteiger partial charge in [0.1, 0.15) is 12.1 Å². The average Bonchev–Trinajstić information content (AvgIpc) is 3.01. The molecular formula is C21H35N5O4. The van der Waals surface area contributed by atoms with Crippen LogP contribution in [0.4, 0.5) is 0 Å². The summed E-state index contributed by atoms with van der Waals surface area (Å²) in [7, 11) is 0. The van der Waals surface area contributed by atoms with Gasteiger partial charge in [-0.2, -0.15) is 0 Å². The predicted octanol–water partition coefficient (Wildman–Crippen LogP) is -0.661. The highest BCUT2D eigenvalue weighted by Gasteiger charge is 2.69. The number of nitrogens with two attached hydrogens (primary N) is 2. The van der Waals surface area contributed by atoms with Crippen LogP contribution in [-0.2, 0) is 19.2 Å². The van der Waals surface area contributed by atoms with Gasteiger partial charge in [0.15, 0.2) is 0 Å². The Bertz CT molecular complexity index is 759. The number of rotatable bonds is 6. The molecule has 2 heterocycles. The van der Waals surface area contributed by atoms with E-state index in [4.69, 9.17) is 11.5 Å². The summed E-state index contributed by atoms with van der Waals surface area (Å²) in [6.07, 6.45) is 0.761. The molecule has 0 bridgehead atoms. The minimum Gasteiger partial charge on any atom is -0.368 e. The predicted molar refractivity (Wildman–Crippen MR) is 111 cm³/mol. The van der Waals surface area contributed by atoms with Crippen molar-refractivity contribution < 1.29 is 19.2 Å². The highest BCUT2D eigenvalue weighted by atomic mass is 16.2. The summed E-state index contributed by atoms with van der Waals surface area (Å²) in [5.41, 5.74) is 11.2. The number of primary amides is 1. The fourth-order valence-corrected chi connectivity index (χ4v) is 5.02. The quantitative estimate of drug-likeness (QED) is 0.449. The molecular weight excluding hydrogens is 386 g/mol. The van der Waals surface area contributed by atoms with E-state index >= 15 is 0 Å². The van der Waals surface area contributed by atoms with Gasteiger partial charge in [0.05, 0.1) is 6.04 Å². The van der Waals surface area contributed by atoms with Crippen LogP contribution in [0.5, 0.6) is 0 Å². The van der Waals surface area contributed by atoms with E-state index in [1.807, 2.05) is 20.8 Å². The van der Waals surface area contributed by atoms with Crippen molar-refractivity contribution in [2.75, 3.05) is 13.1 Å². The normalized spacial score (nSPS) is 31.5. The van der Waals surface area contributed by atoms with Crippen LogP contribution in [-0.4, -0.2) is 59.7 Å². The lowest BCUT2D eigenvalue weighted by molar-refractivity contribution is -0.143. The summed E-state index contributed by atoms with van der Waals surface area (Å²) in [4.78, 5) is 51.8. The second-order valence-electron chi connectivity index (χ2n) is 10.7. The van der Waals surface area contributed by atoms with Gasteiger partial charge in [-0.15, -0.1) is 0 Å². The third-order valence-corrected chi connectivity index (χ3v) is 7.30. The molecule has 1 unspecified atom stereocenters. The van der Waals surface area contributed by atoms with E-state index in [0.717, 1.165) is 0 Å². The Morgan fingerprint density at radius 2 is 1.93 bits per heavy atom. The Kier molecular flexibility index (Phi) is 5.64. The summed E-state index contributed by atoms with van der Waals surface area (Å²) in [5.74, 6) is -1.59. The van der Waals surface area contributed by atoms with Crippen molar-refractivity contribution in [1.82, 2.24) is 15.5 Å². The Hall–Kier alpha value is -2.16. The van der Waals surface area contributed by atoms with Crippen molar-refractivity contribution in [1.29, 1.82) is 0 Å². The van der Waals surface area contributed by atoms with Crippen molar-refractivity contribution in [2.45, 2.75) is 65.6 Å². The first-order valence-corrected chi connectivity index (χ1v) is 10.7. The maximum atomic E-state index is 13.3. The molecule has 0 aromatic rings. The Morgan fingerprint density at radius 3 is 2.43 bits per heavy atom. The molecule has 3 rings (SSSR count). The number of nitrogens with one attached hydrogen (secondary N) is 2. The van der Waals surface area contributed by atoms with Crippen molar-refractivity contribution in [3.63, 3.8) is 0 Å². The number of amides is 4. The molecule has 0 radical (unpaired) electrons. The van der Waals surface area contributed by atoms with E-state index in [-0.39, 0.29) is 41.4 Å². The topological polar surface area (TPSA) is 148 Å². The van der Waals surface area contributed by atoms with Crippen molar-refractivity contribution >= 4 is 23.6 Å². The highest BCUT2D eigenvalue weighted by Crippen LogP contribution is 2.65. The van der Waals surface area contributed by atoms with Crippen molar-refractivity contribution in [3.05, 3.63) is 0 Å². The second-order valence-corrected chi connectivity index (χ2v) is 10.7. The van der Waals surface area contributed by atoms with Gasteiger partial charge < -0.3 is 27.0 Å². The third kappa shape index (κ3) is 3.91. The first kappa shape index (κ1) is 22.5. The van der Waals surface area contributed by atoms with Gasteiger partial charge in [-0.1, -0.05) is 34.6 Å². The fraction of sp³-hybridized carbons (Fsp3) is 0.810. The molecule has 0 aromatic heterocycles. The van der Waals surface area contributed by atoms with Crippen LogP contribution in [0.2, 0.25) is 0 Å². The number of hydrogen-bond donors (Lipinski definition) is 4. The van der Waals surface area contributed by atoms with Crippen LogP contribution in [0, 0.1) is 28.6 Å². The van der Waals surface area contributed by atoms with Gasteiger partial charge in [0.2, 0.25) is 23.6 Å². The Balaban J connectivity index is 1.77. The molecule has 4 amide bonds. The molecule has 168 valence electrons. The zero-order valence-electron chi connectivity index (χ0n) is 18.5. The summed E-state index contributed by atoms with van der Waals surface area (Å²) in [6.45, 7) is 10.9. The van der Waals surface area contributed by atoms with E-state index in [0.29, 0.717) is 19.5 Å². The molecule has 2 aliphatic heterocycles. The first-order chi connectivity index (χ1) is 13.8. The molecule has 1 saturated carbocycles. The summed E-state index contributed by atoms with van der Waals surface area (Å²) >= 11 is 0. The fourth-order valence-electron chi connectivity index (χ4n) is 5.02. The second kappa shape index (κ2) is 7.51. The lowest BCUT2D eigenvalue weighted by Gasteiger charge is -2.36. The SMILES string of the molecule is CC(C)(C)C(N)C(=O)N1C[C@H]2[C@@H]([C@H]1C(=O)N[C@@H](C[C@@H]1CCNC1=O)C(N)=O)C2(C)C. The van der Waals surface area contributed by atoms with Gasteiger partial charge in [0, 0.05) is 19.0 Å². The van der Waals surface area contributed by atoms with E-state index in [1.54, 1.807) is 4.90 Å². The first-order valence-electron chi connectivity index (χ1n) is 10.7. The highest BCUT2D eigenvalue weighted by molar-refractivity contribution is 5.94. The number of carbonyl (C=O) groups excluding carboxylic acids is 4. The molecule has 6 N–H and O–H groups in total. The van der Waals surface area contributed by atoms with Crippen LogP contribution in [0.25, 0.3) is 0 Å². The summed E-state index contributed by atoms with van der Waals surface area (Å²) in [5, 5.41) is 5.46. The number of piperidine rings is 1. The zero-order chi connectivity index (χ0) is 22.6. The monoisotopic (exact) mass is 421 g/mol. The largest absolute Gasteiger partial charge is 0.368 e. The molecule has 2 saturated heterocycles. The van der Waals surface area contributed by atoms with E-state index < -0.39 is 35.4 Å². The van der Waals surface area contributed by atoms with Gasteiger partial charge in [0.25, 0.3) is 0 Å². The summed E-state index contributed by atoms with van der Waals surface area (Å²) in [6, 6.07) is -2.38. The number of likely N-dealkylation sites (tertiary alicyclic amines) is 1. The molecule has 0 aromatic carbocycles. The molecule has 9 heteroatoms. The lowest BCUT2D eigenvalue weighted by Crippen LogP contribution is -2.59. The van der Waals surface area contributed by atoms with E-state index in [1.165, 1.54) is 0 Å². The maximum absolute atomic E-state index is 13.3. The molecule has 6 atom stereocenters. The van der Waals surface area contributed by atoms with E-state index in [2.05, 4.69) is 24.5 Å². The van der Waals surface area contributed by atoms with Crippen LogP contribution in [0.15, 0.2) is 0 Å². The minimum atomic E-state index is -0.958. The van der Waals surface area contributed by atoms with Gasteiger partial charge in [-0.3, -0.25) is 19.2 Å². The van der Waals surface area contributed by atoms with Gasteiger partial charge in [-0.25, -0.2) is 0 Å². The number of hydrogen-bond acceptors (Lipinski definition) is 5. The van der Waals surface area contributed by atoms with Crippen molar-refractivity contribution in [2.24, 2.45) is 40.1 Å². The molecule has 3 fully saturated rings. The number of fused-ring (bicyclic) bond motifs is 1. The number of carbonyl (C=O) groups is 4. The van der Waals surface area contributed by atoms with Gasteiger partial charge in [-0.05, 0) is 35.5 Å². The number of nitrogens with zero attached hydrogens (tertiary/aromatic N) is 1.